The normalized spacial score (nSPS) is 15.4. The first-order chi connectivity index (χ1) is 7.66. The lowest BCUT2D eigenvalue weighted by atomic mass is 10.1. The number of ketones is 1. The molecule has 0 aromatic carbocycles. The molecule has 5 heteroatoms. The van der Waals surface area contributed by atoms with Crippen LogP contribution in [0.15, 0.2) is 18.3 Å². The van der Waals surface area contributed by atoms with E-state index in [0.717, 1.165) is 12.8 Å². The second kappa shape index (κ2) is 4.65. The lowest BCUT2D eigenvalue weighted by molar-refractivity contribution is 0.0677. The van der Waals surface area contributed by atoms with Crippen molar-refractivity contribution in [3.8, 4) is 0 Å². The molecule has 0 bridgehead atoms. The Balaban J connectivity index is 2.02. The van der Waals surface area contributed by atoms with E-state index in [1.165, 1.54) is 18.3 Å². The third-order valence-corrected chi connectivity index (χ3v) is 2.29. The third-order valence-electron chi connectivity index (χ3n) is 2.29. The summed E-state index contributed by atoms with van der Waals surface area (Å²) in [5, 5.41) is 0. The van der Waals surface area contributed by atoms with E-state index >= 15 is 0 Å². The van der Waals surface area contributed by atoms with Gasteiger partial charge < -0.3 is 4.74 Å². The number of hydrogen-bond donors (Lipinski definition) is 0. The molecule has 86 valence electrons. The number of halogens is 2. The molecule has 0 atom stereocenters. The number of aromatic nitrogens is 1. The van der Waals surface area contributed by atoms with Gasteiger partial charge in [-0.25, -0.2) is 8.78 Å². The van der Waals surface area contributed by atoms with Crippen LogP contribution in [0.5, 0.6) is 0 Å². The largest absolute Gasteiger partial charge is 0.372 e. The summed E-state index contributed by atoms with van der Waals surface area (Å²) in [6.07, 6.45) is 0.725. The van der Waals surface area contributed by atoms with Gasteiger partial charge in [0.25, 0.3) is 0 Å². The fourth-order valence-corrected chi connectivity index (χ4v) is 1.27. The molecule has 0 amide bonds. The molecule has 1 aliphatic carbocycles. The topological polar surface area (TPSA) is 39.2 Å². The summed E-state index contributed by atoms with van der Waals surface area (Å²) in [6, 6.07) is 2.64. The molecule has 3 nitrogen and oxygen atoms in total. The molecule has 1 aromatic rings. The summed E-state index contributed by atoms with van der Waals surface area (Å²) in [4.78, 5) is 15.0. The zero-order valence-electron chi connectivity index (χ0n) is 8.53. The third kappa shape index (κ3) is 2.82. The van der Waals surface area contributed by atoms with Crippen molar-refractivity contribution in [3.05, 3.63) is 29.6 Å². The van der Waals surface area contributed by atoms with Gasteiger partial charge in [-0.15, -0.1) is 0 Å². The number of carbonyl (C=O) groups excluding carboxylic acids is 1. The van der Waals surface area contributed by atoms with E-state index in [0.29, 0.717) is 5.69 Å². The van der Waals surface area contributed by atoms with Crippen LogP contribution in [-0.2, 0) is 11.3 Å². The highest BCUT2D eigenvalue weighted by molar-refractivity contribution is 5.98. The zero-order valence-corrected chi connectivity index (χ0v) is 8.53. The predicted octanol–water partition coefficient (Wildman–Crippen LogP) is 2.21. The molecule has 16 heavy (non-hydrogen) atoms. The Kier molecular flexibility index (Phi) is 3.24. The predicted molar refractivity (Wildman–Crippen MR) is 52.4 cm³/mol. The Bertz CT molecular complexity index is 391. The minimum Gasteiger partial charge on any atom is -0.372 e. The summed E-state index contributed by atoms with van der Waals surface area (Å²) in [5.41, 5.74) is 0.498. The number of ether oxygens (including phenoxy) is 1. The molecule has 0 N–H and O–H groups in total. The fraction of sp³-hybridized carbons (Fsp3) is 0.455. The number of rotatable bonds is 5. The van der Waals surface area contributed by atoms with Crippen LogP contribution in [0.25, 0.3) is 0 Å². The highest BCUT2D eigenvalue weighted by Crippen LogP contribution is 2.24. The number of pyridine rings is 1. The summed E-state index contributed by atoms with van der Waals surface area (Å²) in [6.45, 7) is 0.273. The van der Waals surface area contributed by atoms with E-state index < -0.39 is 12.2 Å². The number of carbonyl (C=O) groups is 1. The van der Waals surface area contributed by atoms with Gasteiger partial charge >= 0.3 is 6.43 Å². The number of hydrogen-bond acceptors (Lipinski definition) is 3. The van der Waals surface area contributed by atoms with Crippen molar-refractivity contribution in [2.24, 2.45) is 0 Å². The van der Waals surface area contributed by atoms with E-state index in [1.807, 2.05) is 0 Å². The van der Waals surface area contributed by atoms with Crippen molar-refractivity contribution in [1.82, 2.24) is 4.98 Å². The van der Waals surface area contributed by atoms with Crippen molar-refractivity contribution in [1.29, 1.82) is 0 Å². The maximum atomic E-state index is 12.2. The number of nitrogens with zero attached hydrogens (tertiary/aromatic N) is 1. The highest BCUT2D eigenvalue weighted by Gasteiger charge is 2.22. The molecule has 1 aliphatic rings. The highest BCUT2D eigenvalue weighted by atomic mass is 19.3. The molecule has 0 aliphatic heterocycles. The Morgan fingerprint density at radius 1 is 1.56 bits per heavy atom. The minimum absolute atomic E-state index is 0.0144. The molecule has 1 heterocycles. The average Bonchev–Trinajstić information content (AvgIpc) is 3.09. The fourth-order valence-electron chi connectivity index (χ4n) is 1.27. The molecule has 0 radical (unpaired) electrons. The first-order valence-electron chi connectivity index (χ1n) is 5.05. The maximum absolute atomic E-state index is 12.2. The van der Waals surface area contributed by atoms with Crippen molar-refractivity contribution >= 4 is 5.78 Å². The lowest BCUT2D eigenvalue weighted by Crippen LogP contribution is -2.11. The van der Waals surface area contributed by atoms with Gasteiger partial charge in [0.1, 0.15) is 0 Å². The Hall–Kier alpha value is -1.36. The molecule has 1 aromatic heterocycles. The van der Waals surface area contributed by atoms with Crippen LogP contribution < -0.4 is 0 Å². The van der Waals surface area contributed by atoms with E-state index in [2.05, 4.69) is 4.98 Å². The van der Waals surface area contributed by atoms with Gasteiger partial charge in [0.2, 0.25) is 5.78 Å². The standard InChI is InChI=1S/C11H11F2NO2/c12-11(13)10(15)7-3-4-14-8(5-7)6-16-9-1-2-9/h3-5,9,11H,1-2,6H2. The van der Waals surface area contributed by atoms with Crippen LogP contribution in [0.4, 0.5) is 8.78 Å². The van der Waals surface area contributed by atoms with Gasteiger partial charge in [0, 0.05) is 11.8 Å². The van der Waals surface area contributed by atoms with Crippen molar-refractivity contribution in [2.45, 2.75) is 32.0 Å². The smallest absolute Gasteiger partial charge is 0.300 e. The van der Waals surface area contributed by atoms with Crippen LogP contribution in [-0.4, -0.2) is 23.3 Å². The first kappa shape index (κ1) is 11.1. The van der Waals surface area contributed by atoms with Gasteiger partial charge in [-0.2, -0.15) is 0 Å². The second-order valence-electron chi connectivity index (χ2n) is 3.71. The van der Waals surface area contributed by atoms with E-state index in [9.17, 15) is 13.6 Å². The van der Waals surface area contributed by atoms with Gasteiger partial charge in [0.05, 0.1) is 18.4 Å². The van der Waals surface area contributed by atoms with Gasteiger partial charge in [-0.05, 0) is 25.0 Å². The van der Waals surface area contributed by atoms with E-state index in [1.54, 1.807) is 0 Å². The van der Waals surface area contributed by atoms with Crippen molar-refractivity contribution in [3.63, 3.8) is 0 Å². The molecule has 0 saturated heterocycles. The van der Waals surface area contributed by atoms with Gasteiger partial charge in [0.15, 0.2) is 0 Å². The molecular weight excluding hydrogens is 216 g/mol. The van der Waals surface area contributed by atoms with Gasteiger partial charge in [-0.3, -0.25) is 9.78 Å². The summed E-state index contributed by atoms with van der Waals surface area (Å²) in [7, 11) is 0. The van der Waals surface area contributed by atoms with Crippen LogP contribution in [0.1, 0.15) is 28.9 Å². The maximum Gasteiger partial charge on any atom is 0.300 e. The summed E-state index contributed by atoms with van der Waals surface area (Å²) >= 11 is 0. The number of alkyl halides is 2. The lowest BCUT2D eigenvalue weighted by Gasteiger charge is -2.04. The zero-order chi connectivity index (χ0) is 11.5. The quantitative estimate of drug-likeness (QED) is 0.724. The summed E-state index contributed by atoms with van der Waals surface area (Å²) < 4.78 is 29.7. The molecule has 1 saturated carbocycles. The van der Waals surface area contributed by atoms with Gasteiger partial charge in [-0.1, -0.05) is 0 Å². The molecular formula is C11H11F2NO2. The van der Waals surface area contributed by atoms with Crippen molar-refractivity contribution in [2.75, 3.05) is 0 Å². The Morgan fingerprint density at radius 2 is 2.31 bits per heavy atom. The average molecular weight is 227 g/mol. The molecule has 0 unspecified atom stereocenters. The number of Topliss-reactive ketones (excluding diaryl/α,β-unsaturated/α-hetero) is 1. The molecule has 1 fully saturated rings. The van der Waals surface area contributed by atoms with Crippen LogP contribution in [0.3, 0.4) is 0 Å². The SMILES string of the molecule is O=C(c1ccnc(COC2CC2)c1)C(F)F. The van der Waals surface area contributed by atoms with Crippen LogP contribution in [0, 0.1) is 0 Å². The Morgan fingerprint density at radius 3 is 2.94 bits per heavy atom. The second-order valence-corrected chi connectivity index (χ2v) is 3.71. The monoisotopic (exact) mass is 227 g/mol. The first-order valence-corrected chi connectivity index (χ1v) is 5.05. The van der Waals surface area contributed by atoms with Crippen molar-refractivity contribution < 1.29 is 18.3 Å². The van der Waals surface area contributed by atoms with E-state index in [-0.39, 0.29) is 18.3 Å². The molecule has 0 spiro atoms. The van der Waals surface area contributed by atoms with Crippen LogP contribution in [0.2, 0.25) is 0 Å². The van der Waals surface area contributed by atoms with Crippen LogP contribution >= 0.6 is 0 Å². The Labute approximate surface area is 91.4 Å². The molecule has 2 rings (SSSR count). The minimum atomic E-state index is -2.97. The van der Waals surface area contributed by atoms with E-state index in [4.69, 9.17) is 4.74 Å². The summed E-state index contributed by atoms with van der Waals surface area (Å²) in [5.74, 6) is -1.17.